The summed E-state index contributed by atoms with van der Waals surface area (Å²) >= 11 is 5.71. The lowest BCUT2D eigenvalue weighted by atomic mass is 10.1. The molecule has 0 spiro atoms. The van der Waals surface area contributed by atoms with Crippen LogP contribution in [0.15, 0.2) is 60.7 Å². The van der Waals surface area contributed by atoms with Gasteiger partial charge in [-0.15, -0.1) is 0 Å². The highest BCUT2D eigenvalue weighted by molar-refractivity contribution is 6.32. The Bertz CT molecular complexity index is 1090. The number of amides is 1. The number of rotatable bonds is 7. The van der Waals surface area contributed by atoms with Gasteiger partial charge in [-0.3, -0.25) is 14.9 Å². The fraction of sp³-hybridized carbons (Fsp3) is 0.100. The van der Waals surface area contributed by atoms with Crippen LogP contribution < -0.4 is 10.1 Å². The van der Waals surface area contributed by atoms with Crippen molar-refractivity contribution in [3.8, 4) is 5.75 Å². The van der Waals surface area contributed by atoms with Crippen molar-refractivity contribution in [1.82, 2.24) is 0 Å². The van der Waals surface area contributed by atoms with E-state index in [0.717, 1.165) is 16.8 Å². The Balaban J connectivity index is 1.48. The van der Waals surface area contributed by atoms with Gasteiger partial charge >= 0.3 is 5.97 Å². The smallest absolute Gasteiger partial charge is 0.344 e. The molecule has 3 aromatic carbocycles. The molecule has 0 saturated heterocycles. The summed E-state index contributed by atoms with van der Waals surface area (Å²) in [4.78, 5) is 33.9. The molecule has 0 radical (unpaired) electrons. The molecule has 9 heteroatoms. The number of nitrogens with zero attached hydrogens (tertiary/aromatic N) is 1. The number of carbonyl (C=O) groups excluding carboxylic acids is 2. The number of fused-ring (bicyclic) bond motifs is 1. The highest BCUT2D eigenvalue weighted by Crippen LogP contribution is 2.27. The van der Waals surface area contributed by atoms with Crippen LogP contribution in [0, 0.1) is 10.1 Å². The van der Waals surface area contributed by atoms with Crippen molar-refractivity contribution in [2.24, 2.45) is 0 Å². The summed E-state index contributed by atoms with van der Waals surface area (Å²) in [5.41, 5.74) is -0.181. The van der Waals surface area contributed by atoms with E-state index in [4.69, 9.17) is 21.1 Å². The predicted molar refractivity (Wildman–Crippen MR) is 107 cm³/mol. The maximum Gasteiger partial charge on any atom is 0.344 e. The molecule has 0 bridgehead atoms. The SMILES string of the molecule is O=C(COC(=O)COc1ccc2ccccc2c1)Nc1ccc(Cl)c([N+](=O)[O-])c1. The van der Waals surface area contributed by atoms with Gasteiger partial charge in [0.1, 0.15) is 10.8 Å². The van der Waals surface area contributed by atoms with Crippen molar-refractivity contribution in [1.29, 1.82) is 0 Å². The first-order valence-corrected chi connectivity index (χ1v) is 8.81. The molecule has 0 aromatic heterocycles. The summed E-state index contributed by atoms with van der Waals surface area (Å²) in [6.07, 6.45) is 0. The van der Waals surface area contributed by atoms with Gasteiger partial charge in [0.05, 0.1) is 4.92 Å². The van der Waals surface area contributed by atoms with Crippen molar-refractivity contribution in [3.05, 3.63) is 75.8 Å². The highest BCUT2D eigenvalue weighted by Gasteiger charge is 2.15. The third-order valence-corrected chi connectivity index (χ3v) is 4.19. The number of nitro benzene ring substituents is 1. The molecule has 0 atom stereocenters. The molecule has 0 aliphatic carbocycles. The highest BCUT2D eigenvalue weighted by atomic mass is 35.5. The number of anilines is 1. The second kappa shape index (κ2) is 9.03. The summed E-state index contributed by atoms with van der Waals surface area (Å²) in [6, 6.07) is 16.9. The second-order valence-electron chi connectivity index (χ2n) is 5.93. The van der Waals surface area contributed by atoms with Crippen LogP contribution in [0.5, 0.6) is 5.75 Å². The minimum Gasteiger partial charge on any atom is -0.482 e. The zero-order chi connectivity index (χ0) is 20.8. The van der Waals surface area contributed by atoms with Gasteiger partial charge in [0.25, 0.3) is 11.6 Å². The van der Waals surface area contributed by atoms with Crippen LogP contribution in [0.2, 0.25) is 5.02 Å². The van der Waals surface area contributed by atoms with Gasteiger partial charge in [0.2, 0.25) is 0 Å². The van der Waals surface area contributed by atoms with E-state index in [1.165, 1.54) is 12.1 Å². The molecule has 1 N–H and O–H groups in total. The van der Waals surface area contributed by atoms with Gasteiger partial charge in [-0.2, -0.15) is 0 Å². The maximum absolute atomic E-state index is 11.9. The number of carbonyl (C=O) groups is 2. The Labute approximate surface area is 170 Å². The van der Waals surface area contributed by atoms with Crippen molar-refractivity contribution in [3.63, 3.8) is 0 Å². The van der Waals surface area contributed by atoms with Crippen LogP contribution in [-0.2, 0) is 14.3 Å². The number of ether oxygens (including phenoxy) is 2. The van der Waals surface area contributed by atoms with Crippen LogP contribution in [0.1, 0.15) is 0 Å². The average molecular weight is 415 g/mol. The summed E-state index contributed by atoms with van der Waals surface area (Å²) in [5.74, 6) is -0.880. The predicted octanol–water partition coefficient (Wildman–Crippen LogP) is 3.96. The first-order chi connectivity index (χ1) is 13.9. The topological polar surface area (TPSA) is 108 Å². The summed E-state index contributed by atoms with van der Waals surface area (Å²) < 4.78 is 10.2. The van der Waals surface area contributed by atoms with E-state index in [9.17, 15) is 19.7 Å². The molecule has 3 aromatic rings. The lowest BCUT2D eigenvalue weighted by Crippen LogP contribution is -2.23. The zero-order valence-electron chi connectivity index (χ0n) is 15.0. The molecule has 0 heterocycles. The van der Waals surface area contributed by atoms with E-state index in [0.29, 0.717) is 5.75 Å². The van der Waals surface area contributed by atoms with Gasteiger partial charge < -0.3 is 14.8 Å². The lowest BCUT2D eigenvalue weighted by Gasteiger charge is -2.09. The number of nitrogens with one attached hydrogen (secondary N) is 1. The maximum atomic E-state index is 11.9. The summed E-state index contributed by atoms with van der Waals surface area (Å²) in [6.45, 7) is -0.922. The van der Waals surface area contributed by atoms with Crippen molar-refractivity contribution in [2.75, 3.05) is 18.5 Å². The molecule has 0 saturated carbocycles. The third kappa shape index (κ3) is 5.43. The minimum atomic E-state index is -0.726. The molecule has 1 amide bonds. The summed E-state index contributed by atoms with van der Waals surface area (Å²) in [7, 11) is 0. The average Bonchev–Trinajstić information content (AvgIpc) is 2.71. The van der Waals surface area contributed by atoms with E-state index < -0.39 is 23.4 Å². The lowest BCUT2D eigenvalue weighted by molar-refractivity contribution is -0.384. The molecule has 3 rings (SSSR count). The van der Waals surface area contributed by atoms with Crippen LogP contribution in [0.25, 0.3) is 10.8 Å². The second-order valence-corrected chi connectivity index (χ2v) is 6.34. The van der Waals surface area contributed by atoms with Crippen molar-refractivity contribution >= 4 is 45.6 Å². The summed E-state index contributed by atoms with van der Waals surface area (Å²) in [5, 5.41) is 15.2. The van der Waals surface area contributed by atoms with Gasteiger partial charge in [-0.1, -0.05) is 41.9 Å². The number of esters is 1. The molecule has 0 aliphatic heterocycles. The molecular weight excluding hydrogens is 400 g/mol. The Hall–Kier alpha value is -3.65. The van der Waals surface area contributed by atoms with Crippen molar-refractivity contribution < 1.29 is 24.0 Å². The van der Waals surface area contributed by atoms with Gasteiger partial charge in [0, 0.05) is 11.8 Å². The fourth-order valence-electron chi connectivity index (χ4n) is 2.51. The molecule has 0 fully saturated rings. The van der Waals surface area contributed by atoms with Gasteiger partial charge in [0.15, 0.2) is 13.2 Å². The largest absolute Gasteiger partial charge is 0.482 e. The van der Waals surface area contributed by atoms with Gasteiger partial charge in [-0.05, 0) is 35.0 Å². The zero-order valence-corrected chi connectivity index (χ0v) is 15.7. The van der Waals surface area contributed by atoms with Crippen LogP contribution >= 0.6 is 11.6 Å². The molecule has 148 valence electrons. The van der Waals surface area contributed by atoms with Crippen LogP contribution in [-0.4, -0.2) is 30.0 Å². The number of nitro groups is 1. The minimum absolute atomic E-state index is 0.0507. The standard InChI is InChI=1S/C20H15ClN2O6/c21-17-8-6-15(10-18(17)23(26)27)22-19(24)11-29-20(25)12-28-16-7-5-13-3-1-2-4-14(13)9-16/h1-10H,11-12H2,(H,22,24). The monoisotopic (exact) mass is 414 g/mol. The Morgan fingerprint density at radius 1 is 1.00 bits per heavy atom. The number of hydrogen-bond donors (Lipinski definition) is 1. The normalized spacial score (nSPS) is 10.4. The van der Waals surface area contributed by atoms with Crippen molar-refractivity contribution in [2.45, 2.75) is 0 Å². The van der Waals surface area contributed by atoms with E-state index in [-0.39, 0.29) is 23.0 Å². The number of benzene rings is 3. The fourth-order valence-corrected chi connectivity index (χ4v) is 2.70. The van der Waals surface area contributed by atoms with E-state index in [2.05, 4.69) is 5.32 Å². The Kier molecular flexibility index (Phi) is 6.25. The van der Waals surface area contributed by atoms with E-state index >= 15 is 0 Å². The van der Waals surface area contributed by atoms with E-state index in [1.807, 2.05) is 30.3 Å². The third-order valence-electron chi connectivity index (χ3n) is 3.87. The first kappa shape index (κ1) is 20.1. The molecule has 8 nitrogen and oxygen atoms in total. The Morgan fingerprint density at radius 2 is 1.76 bits per heavy atom. The number of halogens is 1. The van der Waals surface area contributed by atoms with Gasteiger partial charge in [-0.25, -0.2) is 4.79 Å². The molecule has 0 aliphatic rings. The van der Waals surface area contributed by atoms with Crippen LogP contribution in [0.4, 0.5) is 11.4 Å². The van der Waals surface area contributed by atoms with Crippen LogP contribution in [0.3, 0.4) is 0 Å². The quantitative estimate of drug-likeness (QED) is 0.356. The molecule has 29 heavy (non-hydrogen) atoms. The number of hydrogen-bond acceptors (Lipinski definition) is 6. The molecular formula is C20H15ClN2O6. The first-order valence-electron chi connectivity index (χ1n) is 8.43. The van der Waals surface area contributed by atoms with E-state index in [1.54, 1.807) is 12.1 Å². The Morgan fingerprint density at radius 3 is 2.52 bits per heavy atom. The molecule has 0 unspecified atom stereocenters.